The van der Waals surface area contributed by atoms with Gasteiger partial charge in [-0.3, -0.25) is 4.79 Å². The lowest BCUT2D eigenvalue weighted by molar-refractivity contribution is -0.131. The van der Waals surface area contributed by atoms with E-state index in [-0.39, 0.29) is 17.5 Å². The van der Waals surface area contributed by atoms with Crippen LogP contribution in [-0.2, 0) is 11.2 Å². The molecular weight excluding hydrogens is 404 g/mol. The van der Waals surface area contributed by atoms with Gasteiger partial charge in [-0.1, -0.05) is 82.5 Å². The normalized spacial score (nSPS) is 19.5. The Morgan fingerprint density at radius 3 is 2.35 bits per heavy atom. The van der Waals surface area contributed by atoms with Crippen LogP contribution in [0.3, 0.4) is 0 Å². The van der Waals surface area contributed by atoms with Crippen molar-refractivity contribution in [1.29, 1.82) is 0 Å². The van der Waals surface area contributed by atoms with E-state index in [0.29, 0.717) is 12.2 Å². The van der Waals surface area contributed by atoms with Crippen molar-refractivity contribution in [3.8, 4) is 5.75 Å². The average Bonchev–Trinajstić information content (AvgIpc) is 2.91. The summed E-state index contributed by atoms with van der Waals surface area (Å²) in [5.41, 5.74) is 2.46. The van der Waals surface area contributed by atoms with Gasteiger partial charge in [-0.2, -0.15) is 0 Å². The summed E-state index contributed by atoms with van der Waals surface area (Å²) in [5, 5.41) is 10.8. The maximum absolute atomic E-state index is 11.1. The number of esters is 1. The molecule has 4 heteroatoms. The van der Waals surface area contributed by atoms with Crippen molar-refractivity contribution in [3.05, 3.63) is 59.7 Å². The van der Waals surface area contributed by atoms with E-state index in [1.807, 2.05) is 50.2 Å². The van der Waals surface area contributed by atoms with Crippen molar-refractivity contribution in [2.24, 2.45) is 5.41 Å². The number of hydrogen-bond acceptors (Lipinski definition) is 4. The van der Waals surface area contributed by atoms with E-state index < -0.39 is 0 Å². The lowest BCUT2D eigenvalue weighted by Gasteiger charge is -2.36. The summed E-state index contributed by atoms with van der Waals surface area (Å²) in [4.78, 5) is 12.2. The zero-order chi connectivity index (χ0) is 23.3. The van der Waals surface area contributed by atoms with Gasteiger partial charge in [-0.05, 0) is 37.5 Å². The topological polar surface area (TPSA) is 46.5 Å². The summed E-state index contributed by atoms with van der Waals surface area (Å²) in [7, 11) is 0. The minimum atomic E-state index is -0.308. The number of aliphatic hydroxyl groups excluding tert-OH is 1. The van der Waals surface area contributed by atoms with Crippen LogP contribution >= 0.6 is 11.8 Å². The molecule has 3 rings (SSSR count). The number of rotatable bonds is 5. The molecule has 172 valence electrons. The van der Waals surface area contributed by atoms with Crippen LogP contribution in [0.4, 0.5) is 0 Å². The maximum atomic E-state index is 11.1. The van der Waals surface area contributed by atoms with Crippen LogP contribution in [0.25, 0.3) is 0 Å². The highest BCUT2D eigenvalue weighted by atomic mass is 32.2. The first kappa shape index (κ1) is 27.3. The Morgan fingerprint density at radius 2 is 1.84 bits per heavy atom. The highest BCUT2D eigenvalue weighted by Gasteiger charge is 2.38. The summed E-state index contributed by atoms with van der Waals surface area (Å²) < 4.78 is 5.18. The maximum Gasteiger partial charge on any atom is 0.308 e. The van der Waals surface area contributed by atoms with Crippen molar-refractivity contribution in [2.45, 2.75) is 84.6 Å². The van der Waals surface area contributed by atoms with Gasteiger partial charge < -0.3 is 9.84 Å². The molecule has 0 saturated carbocycles. The van der Waals surface area contributed by atoms with Gasteiger partial charge in [0.25, 0.3) is 0 Å². The summed E-state index contributed by atoms with van der Waals surface area (Å²) in [5.74, 6) is 1.21. The molecule has 0 aromatic heterocycles. The van der Waals surface area contributed by atoms with E-state index >= 15 is 0 Å². The molecule has 0 spiro atoms. The third-order valence-electron chi connectivity index (χ3n) is 5.61. The van der Waals surface area contributed by atoms with Crippen LogP contribution in [0, 0.1) is 12.3 Å². The Morgan fingerprint density at radius 1 is 1.16 bits per heavy atom. The molecule has 1 aliphatic rings. The van der Waals surface area contributed by atoms with Gasteiger partial charge in [-0.15, -0.1) is 11.8 Å². The number of hydrogen-bond donors (Lipinski definition) is 1. The highest BCUT2D eigenvalue weighted by Crippen LogP contribution is 2.44. The van der Waals surface area contributed by atoms with E-state index in [4.69, 9.17) is 4.74 Å². The number of thioether (sulfide) groups is 1. The first-order valence-electron chi connectivity index (χ1n) is 11.5. The lowest BCUT2D eigenvalue weighted by Crippen LogP contribution is -2.37. The molecule has 0 saturated heterocycles. The highest BCUT2D eigenvalue weighted by molar-refractivity contribution is 7.99. The molecule has 1 heterocycles. The second kappa shape index (κ2) is 14.3. The van der Waals surface area contributed by atoms with Gasteiger partial charge in [0.1, 0.15) is 5.75 Å². The molecule has 2 atom stereocenters. The first-order valence-corrected chi connectivity index (χ1v) is 12.5. The number of aryl methyl sites for hydroxylation is 1. The Kier molecular flexibility index (Phi) is 12.6. The number of aliphatic hydroxyl groups is 1. The smallest absolute Gasteiger partial charge is 0.308 e. The minimum absolute atomic E-state index is 0.0126. The molecule has 1 N–H and O–H groups in total. The number of carbonyl (C=O) groups excluding carboxylic acids is 1. The lowest BCUT2D eigenvalue weighted by atomic mass is 9.75. The average molecular weight is 445 g/mol. The molecule has 2 aromatic carbocycles. The summed E-state index contributed by atoms with van der Waals surface area (Å²) in [6, 6.07) is 16.0. The Bertz CT molecular complexity index is 775. The molecule has 0 amide bonds. The fourth-order valence-corrected chi connectivity index (χ4v) is 5.15. The zero-order valence-electron chi connectivity index (χ0n) is 20.1. The van der Waals surface area contributed by atoms with E-state index in [0.717, 1.165) is 41.9 Å². The molecule has 3 nitrogen and oxygen atoms in total. The quantitative estimate of drug-likeness (QED) is 0.390. The van der Waals surface area contributed by atoms with Crippen LogP contribution in [0.2, 0.25) is 0 Å². The number of ether oxygens (including phenoxy) is 1. The van der Waals surface area contributed by atoms with Crippen molar-refractivity contribution >= 4 is 17.7 Å². The van der Waals surface area contributed by atoms with E-state index in [2.05, 4.69) is 32.9 Å². The molecule has 0 bridgehead atoms. The van der Waals surface area contributed by atoms with E-state index in [1.165, 1.54) is 12.5 Å². The van der Waals surface area contributed by atoms with Crippen LogP contribution in [0.1, 0.15) is 71.4 Å². The van der Waals surface area contributed by atoms with Gasteiger partial charge in [-0.25, -0.2) is 0 Å². The van der Waals surface area contributed by atoms with Gasteiger partial charge in [0.2, 0.25) is 0 Å². The Hall–Kier alpha value is -1.78. The van der Waals surface area contributed by atoms with Crippen LogP contribution < -0.4 is 4.74 Å². The molecule has 0 radical (unpaired) electrons. The van der Waals surface area contributed by atoms with E-state index in [1.54, 1.807) is 11.8 Å². The van der Waals surface area contributed by atoms with Gasteiger partial charge in [0.15, 0.2) is 0 Å². The van der Waals surface area contributed by atoms with Crippen LogP contribution in [0.15, 0.2) is 53.4 Å². The standard InChI is InChI=1S/C18H26O3S.C7H8.C2H6/c1-4-6-9-18(5-2)12-22-16-11-15(21-13(3)19)8-7-14(16)10-17(18)20;1-7-5-3-2-4-6-7;1-2/h7-8,11,17,20H,4-6,9-10,12H2,1-3H3;2-6H,1H3;1-2H3/t17-,18+;;/m1../s1. The monoisotopic (exact) mass is 444 g/mol. The summed E-state index contributed by atoms with van der Waals surface area (Å²) in [6.45, 7) is 11.9. The third kappa shape index (κ3) is 8.70. The Balaban J connectivity index is 0.000000447. The SMILES string of the molecule is CC.CCCC[C@@]1(CC)CSc2cc(OC(C)=O)ccc2C[C@H]1O.Cc1ccccc1. The van der Waals surface area contributed by atoms with Crippen LogP contribution in [0.5, 0.6) is 5.75 Å². The number of unbranched alkanes of at least 4 members (excludes halogenated alkanes) is 1. The Labute approximate surface area is 193 Å². The summed E-state index contributed by atoms with van der Waals surface area (Å²) in [6.07, 6.45) is 4.74. The predicted molar refractivity (Wildman–Crippen MR) is 133 cm³/mol. The fourth-order valence-electron chi connectivity index (χ4n) is 3.63. The third-order valence-corrected chi connectivity index (χ3v) is 7.02. The molecule has 1 aliphatic heterocycles. The zero-order valence-corrected chi connectivity index (χ0v) is 20.9. The molecule has 0 aliphatic carbocycles. The van der Waals surface area contributed by atoms with Crippen molar-refractivity contribution in [1.82, 2.24) is 0 Å². The van der Waals surface area contributed by atoms with Gasteiger partial charge in [0, 0.05) is 29.4 Å². The second-order valence-corrected chi connectivity index (χ2v) is 8.86. The second-order valence-electron chi connectivity index (χ2n) is 7.85. The number of fused-ring (bicyclic) bond motifs is 1. The fraction of sp³-hybridized carbons (Fsp3) is 0.519. The molecule has 31 heavy (non-hydrogen) atoms. The number of benzene rings is 2. The van der Waals surface area contributed by atoms with Crippen molar-refractivity contribution in [2.75, 3.05) is 5.75 Å². The molecule has 0 fully saturated rings. The van der Waals surface area contributed by atoms with E-state index in [9.17, 15) is 9.90 Å². The summed E-state index contributed by atoms with van der Waals surface area (Å²) >= 11 is 1.79. The first-order chi connectivity index (χ1) is 14.9. The predicted octanol–water partition coefficient (Wildman–Crippen LogP) is 7.23. The van der Waals surface area contributed by atoms with Gasteiger partial charge >= 0.3 is 5.97 Å². The largest absolute Gasteiger partial charge is 0.427 e. The van der Waals surface area contributed by atoms with Crippen molar-refractivity contribution in [3.63, 3.8) is 0 Å². The number of carbonyl (C=O) groups is 1. The van der Waals surface area contributed by atoms with Crippen LogP contribution in [-0.4, -0.2) is 22.9 Å². The van der Waals surface area contributed by atoms with Gasteiger partial charge in [0.05, 0.1) is 6.10 Å². The molecular formula is C27H40O3S. The minimum Gasteiger partial charge on any atom is -0.427 e. The van der Waals surface area contributed by atoms with Crippen molar-refractivity contribution < 1.29 is 14.6 Å². The molecule has 2 aromatic rings. The molecule has 0 unspecified atom stereocenters.